The van der Waals surface area contributed by atoms with Gasteiger partial charge < -0.3 is 16.2 Å². The summed E-state index contributed by atoms with van der Waals surface area (Å²) in [4.78, 5) is 0. The van der Waals surface area contributed by atoms with Crippen LogP contribution in [-0.2, 0) is 0 Å². The molecular weight excluding hydrogens is 140 g/mol. The summed E-state index contributed by atoms with van der Waals surface area (Å²) in [6.45, 7) is 2.38. The van der Waals surface area contributed by atoms with E-state index in [0.29, 0.717) is 5.92 Å². The molecule has 0 amide bonds. The minimum Gasteiger partial charge on any atom is -0.396 e. The average molecular weight is 158 g/mol. The Morgan fingerprint density at radius 1 is 1.64 bits per heavy atom. The van der Waals surface area contributed by atoms with Crippen LogP contribution >= 0.6 is 0 Å². The molecule has 0 spiro atoms. The maximum atomic E-state index is 8.67. The zero-order valence-corrected chi connectivity index (χ0v) is 6.92. The van der Waals surface area contributed by atoms with E-state index in [1.54, 1.807) is 0 Å². The van der Waals surface area contributed by atoms with Crippen molar-refractivity contribution in [1.29, 1.82) is 0 Å². The highest BCUT2D eigenvalue weighted by Gasteiger charge is 2.19. The van der Waals surface area contributed by atoms with Gasteiger partial charge in [0.2, 0.25) is 0 Å². The second-order valence-electron chi connectivity index (χ2n) is 3.28. The monoisotopic (exact) mass is 158 g/mol. The Morgan fingerprint density at radius 3 is 3.00 bits per heavy atom. The number of hydrogen-bond acceptors (Lipinski definition) is 3. The zero-order chi connectivity index (χ0) is 8.10. The third-order valence-electron chi connectivity index (χ3n) is 2.40. The summed E-state index contributed by atoms with van der Waals surface area (Å²) in [6, 6.07) is 0.188. The molecule has 2 atom stereocenters. The van der Waals surface area contributed by atoms with Crippen molar-refractivity contribution in [2.24, 2.45) is 11.7 Å². The van der Waals surface area contributed by atoms with Crippen molar-refractivity contribution >= 4 is 0 Å². The molecule has 4 N–H and O–H groups in total. The van der Waals surface area contributed by atoms with Crippen LogP contribution in [0.2, 0.25) is 0 Å². The maximum Gasteiger partial charge on any atom is 0.0445 e. The Balaban J connectivity index is 2.21. The number of nitrogens with two attached hydrogens (primary N) is 1. The van der Waals surface area contributed by atoms with E-state index in [9.17, 15) is 0 Å². The third kappa shape index (κ3) is 2.77. The fourth-order valence-corrected chi connectivity index (χ4v) is 1.63. The highest BCUT2D eigenvalue weighted by molar-refractivity contribution is 4.78. The summed E-state index contributed by atoms with van der Waals surface area (Å²) < 4.78 is 0. The normalized spacial score (nSPS) is 28.4. The highest BCUT2D eigenvalue weighted by Crippen LogP contribution is 2.14. The SMILES string of the molecule is N[C@H](CCO)[C@@H]1CCCNC1. The van der Waals surface area contributed by atoms with Gasteiger partial charge in [0, 0.05) is 12.6 Å². The lowest BCUT2D eigenvalue weighted by Gasteiger charge is -2.27. The molecule has 1 aliphatic heterocycles. The molecule has 0 radical (unpaired) electrons. The van der Waals surface area contributed by atoms with Crippen LogP contribution in [0.1, 0.15) is 19.3 Å². The fraction of sp³-hybridized carbons (Fsp3) is 1.00. The molecule has 11 heavy (non-hydrogen) atoms. The Morgan fingerprint density at radius 2 is 2.45 bits per heavy atom. The molecule has 0 aromatic heterocycles. The molecule has 3 heteroatoms. The van der Waals surface area contributed by atoms with Gasteiger partial charge >= 0.3 is 0 Å². The lowest BCUT2D eigenvalue weighted by molar-refractivity contribution is 0.237. The third-order valence-corrected chi connectivity index (χ3v) is 2.40. The first-order valence-corrected chi connectivity index (χ1v) is 4.41. The number of rotatable bonds is 3. The van der Waals surface area contributed by atoms with Crippen LogP contribution in [0.25, 0.3) is 0 Å². The molecule has 1 aliphatic rings. The summed E-state index contributed by atoms with van der Waals surface area (Å²) in [5, 5.41) is 12.0. The molecule has 1 rings (SSSR count). The average Bonchev–Trinajstić information content (AvgIpc) is 2.07. The van der Waals surface area contributed by atoms with Crippen molar-refractivity contribution in [3.8, 4) is 0 Å². The fourth-order valence-electron chi connectivity index (χ4n) is 1.63. The van der Waals surface area contributed by atoms with E-state index in [2.05, 4.69) is 5.32 Å². The molecule has 1 saturated heterocycles. The molecule has 66 valence electrons. The van der Waals surface area contributed by atoms with Crippen LogP contribution in [0.4, 0.5) is 0 Å². The van der Waals surface area contributed by atoms with E-state index in [1.807, 2.05) is 0 Å². The van der Waals surface area contributed by atoms with Gasteiger partial charge in [-0.25, -0.2) is 0 Å². The van der Waals surface area contributed by atoms with Gasteiger partial charge in [-0.2, -0.15) is 0 Å². The highest BCUT2D eigenvalue weighted by atomic mass is 16.3. The largest absolute Gasteiger partial charge is 0.396 e. The Hall–Kier alpha value is -0.120. The van der Waals surface area contributed by atoms with Gasteiger partial charge in [0.05, 0.1) is 0 Å². The molecule has 1 heterocycles. The smallest absolute Gasteiger partial charge is 0.0445 e. The zero-order valence-electron chi connectivity index (χ0n) is 6.92. The Bertz CT molecular complexity index is 102. The second kappa shape index (κ2) is 4.70. The van der Waals surface area contributed by atoms with Crippen molar-refractivity contribution in [3.63, 3.8) is 0 Å². The lowest BCUT2D eigenvalue weighted by atomic mass is 9.91. The molecule has 0 bridgehead atoms. The van der Waals surface area contributed by atoms with Gasteiger partial charge in [-0.15, -0.1) is 0 Å². The van der Waals surface area contributed by atoms with Crippen molar-refractivity contribution in [3.05, 3.63) is 0 Å². The minimum atomic E-state index is 0.188. The Labute approximate surface area is 68.0 Å². The van der Waals surface area contributed by atoms with Gasteiger partial charge in [0.25, 0.3) is 0 Å². The molecule has 3 nitrogen and oxygen atoms in total. The van der Waals surface area contributed by atoms with Gasteiger partial charge in [-0.1, -0.05) is 0 Å². The number of nitrogens with one attached hydrogen (secondary N) is 1. The topological polar surface area (TPSA) is 58.3 Å². The van der Waals surface area contributed by atoms with Gasteiger partial charge in [-0.3, -0.25) is 0 Å². The van der Waals surface area contributed by atoms with Gasteiger partial charge in [-0.05, 0) is 38.3 Å². The van der Waals surface area contributed by atoms with E-state index < -0.39 is 0 Å². The summed E-state index contributed by atoms with van der Waals surface area (Å²) in [7, 11) is 0. The number of piperidine rings is 1. The molecule has 1 fully saturated rings. The van der Waals surface area contributed by atoms with Crippen LogP contribution in [-0.4, -0.2) is 30.8 Å². The summed E-state index contributed by atoms with van der Waals surface area (Å²) >= 11 is 0. The molecular formula is C8H18N2O. The van der Waals surface area contributed by atoms with E-state index in [1.165, 1.54) is 12.8 Å². The van der Waals surface area contributed by atoms with Crippen molar-refractivity contribution in [2.75, 3.05) is 19.7 Å². The van der Waals surface area contributed by atoms with Crippen LogP contribution in [0.15, 0.2) is 0 Å². The van der Waals surface area contributed by atoms with Crippen molar-refractivity contribution < 1.29 is 5.11 Å². The number of aliphatic hydroxyl groups excluding tert-OH is 1. The van der Waals surface area contributed by atoms with Crippen molar-refractivity contribution in [1.82, 2.24) is 5.32 Å². The van der Waals surface area contributed by atoms with E-state index >= 15 is 0 Å². The number of hydrogen-bond donors (Lipinski definition) is 3. The molecule has 0 aromatic carbocycles. The second-order valence-corrected chi connectivity index (χ2v) is 3.28. The van der Waals surface area contributed by atoms with E-state index in [0.717, 1.165) is 19.5 Å². The quantitative estimate of drug-likeness (QED) is 0.528. The molecule has 0 unspecified atom stereocenters. The Kier molecular flexibility index (Phi) is 3.83. The van der Waals surface area contributed by atoms with Crippen molar-refractivity contribution in [2.45, 2.75) is 25.3 Å². The van der Waals surface area contributed by atoms with E-state index in [-0.39, 0.29) is 12.6 Å². The number of aliphatic hydroxyl groups is 1. The van der Waals surface area contributed by atoms with Crippen LogP contribution in [0.3, 0.4) is 0 Å². The van der Waals surface area contributed by atoms with E-state index in [4.69, 9.17) is 10.8 Å². The first-order valence-electron chi connectivity index (χ1n) is 4.41. The molecule has 0 saturated carbocycles. The van der Waals surface area contributed by atoms with Crippen LogP contribution < -0.4 is 11.1 Å². The maximum absolute atomic E-state index is 8.67. The van der Waals surface area contributed by atoms with Crippen LogP contribution in [0, 0.1) is 5.92 Å². The summed E-state index contributed by atoms with van der Waals surface area (Å²) in [5.41, 5.74) is 5.86. The predicted molar refractivity (Wildman–Crippen MR) is 45.3 cm³/mol. The first kappa shape index (κ1) is 8.97. The first-order chi connectivity index (χ1) is 5.34. The van der Waals surface area contributed by atoms with Gasteiger partial charge in [0.1, 0.15) is 0 Å². The minimum absolute atomic E-state index is 0.188. The lowest BCUT2D eigenvalue weighted by Crippen LogP contribution is -2.41. The standard InChI is InChI=1S/C8H18N2O/c9-8(3-5-11)7-2-1-4-10-6-7/h7-8,10-11H,1-6,9H2/t7-,8-/m1/s1. The predicted octanol–water partition coefficient (Wildman–Crippen LogP) is -0.304. The van der Waals surface area contributed by atoms with Gasteiger partial charge in [0.15, 0.2) is 0 Å². The molecule has 0 aromatic rings. The summed E-state index contributed by atoms with van der Waals surface area (Å²) in [6.07, 6.45) is 3.18. The summed E-state index contributed by atoms with van der Waals surface area (Å²) in [5.74, 6) is 0.580. The molecule has 0 aliphatic carbocycles. The van der Waals surface area contributed by atoms with Crippen LogP contribution in [0.5, 0.6) is 0 Å².